The van der Waals surface area contributed by atoms with Crippen LogP contribution in [-0.2, 0) is 0 Å². The van der Waals surface area contributed by atoms with Crippen molar-refractivity contribution in [3.8, 4) is 0 Å². The molecule has 2 aromatic carbocycles. The number of halogens is 1. The predicted octanol–water partition coefficient (Wildman–Crippen LogP) is 5.01. The average Bonchev–Trinajstić information content (AvgIpc) is 2.82. The third-order valence-electron chi connectivity index (χ3n) is 6.35. The molecule has 1 fully saturated rings. The summed E-state index contributed by atoms with van der Waals surface area (Å²) in [6.45, 7) is 11.7. The molecule has 7 heteroatoms. The van der Waals surface area contributed by atoms with Crippen LogP contribution >= 0.6 is 15.9 Å². The van der Waals surface area contributed by atoms with E-state index in [1.807, 2.05) is 30.3 Å². The van der Waals surface area contributed by atoms with E-state index in [9.17, 15) is 9.59 Å². The summed E-state index contributed by atoms with van der Waals surface area (Å²) in [5.41, 5.74) is 2.70. The van der Waals surface area contributed by atoms with Crippen LogP contribution in [0.3, 0.4) is 0 Å². The fourth-order valence-corrected chi connectivity index (χ4v) is 4.59. The number of benzene rings is 2. The van der Waals surface area contributed by atoms with E-state index in [4.69, 9.17) is 0 Å². The molecule has 0 spiro atoms. The van der Waals surface area contributed by atoms with Gasteiger partial charge < -0.3 is 20.4 Å². The van der Waals surface area contributed by atoms with Gasteiger partial charge >= 0.3 is 0 Å². The van der Waals surface area contributed by atoms with Gasteiger partial charge in [-0.1, -0.05) is 32.9 Å². The quantitative estimate of drug-likeness (QED) is 0.493. The van der Waals surface area contributed by atoms with Gasteiger partial charge in [-0.25, -0.2) is 0 Å². The number of carbonyl (C=O) groups excluding carboxylic acids is 2. The van der Waals surface area contributed by atoms with Crippen LogP contribution in [0.4, 0.5) is 11.4 Å². The highest BCUT2D eigenvalue weighted by molar-refractivity contribution is 9.10. The molecule has 0 atom stereocenters. The van der Waals surface area contributed by atoms with Crippen LogP contribution in [-0.4, -0.2) is 56.0 Å². The van der Waals surface area contributed by atoms with Crippen molar-refractivity contribution in [3.05, 3.63) is 58.1 Å². The largest absolute Gasteiger partial charge is 0.371 e. The minimum Gasteiger partial charge on any atom is -0.371 e. The van der Waals surface area contributed by atoms with E-state index >= 15 is 0 Å². The van der Waals surface area contributed by atoms with Crippen LogP contribution < -0.4 is 15.5 Å². The van der Waals surface area contributed by atoms with Crippen molar-refractivity contribution >= 4 is 39.1 Å². The first-order valence-electron chi connectivity index (χ1n) is 11.9. The molecule has 2 N–H and O–H groups in total. The molecular formula is C26H35BrN4O2. The van der Waals surface area contributed by atoms with Crippen molar-refractivity contribution in [1.29, 1.82) is 0 Å². The maximum Gasteiger partial charge on any atom is 0.256 e. The van der Waals surface area contributed by atoms with Crippen LogP contribution in [0.1, 0.15) is 54.3 Å². The van der Waals surface area contributed by atoms with Crippen molar-refractivity contribution in [2.24, 2.45) is 5.92 Å². The van der Waals surface area contributed by atoms with Gasteiger partial charge in [0.15, 0.2) is 0 Å². The smallest absolute Gasteiger partial charge is 0.256 e. The molecule has 1 aliphatic heterocycles. The number of rotatable bonds is 9. The Hall–Kier alpha value is -2.38. The lowest BCUT2D eigenvalue weighted by Crippen LogP contribution is -2.37. The van der Waals surface area contributed by atoms with Gasteiger partial charge in [0, 0.05) is 42.0 Å². The number of likely N-dealkylation sites (N-methyl/N-ethyl adjacent to an activating group) is 1. The second-order valence-electron chi connectivity index (χ2n) is 8.62. The molecule has 2 aromatic rings. The van der Waals surface area contributed by atoms with E-state index in [-0.39, 0.29) is 11.8 Å². The number of piperidine rings is 1. The van der Waals surface area contributed by atoms with Crippen LogP contribution in [0.5, 0.6) is 0 Å². The van der Waals surface area contributed by atoms with Crippen molar-refractivity contribution < 1.29 is 9.59 Å². The Morgan fingerprint density at radius 1 is 1.03 bits per heavy atom. The molecule has 2 amide bonds. The minimum atomic E-state index is -0.213. The van der Waals surface area contributed by atoms with Crippen molar-refractivity contribution in [1.82, 2.24) is 10.2 Å². The van der Waals surface area contributed by atoms with Gasteiger partial charge in [0.25, 0.3) is 11.8 Å². The van der Waals surface area contributed by atoms with Crippen LogP contribution in [0, 0.1) is 5.92 Å². The Kier molecular flexibility index (Phi) is 9.32. The van der Waals surface area contributed by atoms with E-state index in [1.54, 1.807) is 12.1 Å². The minimum absolute atomic E-state index is 0.104. The number of hydrogen-bond donors (Lipinski definition) is 2. The predicted molar refractivity (Wildman–Crippen MR) is 139 cm³/mol. The molecule has 0 bridgehead atoms. The third kappa shape index (κ3) is 6.81. The topological polar surface area (TPSA) is 64.7 Å². The Morgan fingerprint density at radius 3 is 2.39 bits per heavy atom. The zero-order chi connectivity index (χ0) is 23.8. The number of carbonyl (C=O) groups is 2. The molecule has 6 nitrogen and oxygen atoms in total. The normalized spacial score (nSPS) is 14.4. The van der Waals surface area contributed by atoms with Crippen LogP contribution in [0.25, 0.3) is 0 Å². The van der Waals surface area contributed by atoms with Crippen LogP contribution in [0.2, 0.25) is 0 Å². The SMILES string of the molecule is CCN(CC)CCNC(=O)c1cc(NC(=O)c2ccccc2Br)ccc1N1CCC(C)CC1. The first-order chi connectivity index (χ1) is 15.9. The summed E-state index contributed by atoms with van der Waals surface area (Å²) in [4.78, 5) is 30.6. The second-order valence-corrected chi connectivity index (χ2v) is 9.47. The number of hydrogen-bond acceptors (Lipinski definition) is 4. The number of nitrogens with one attached hydrogen (secondary N) is 2. The standard InChI is InChI=1S/C26H35BrN4O2/c1-4-30(5-2)17-14-28-25(32)22-18-20(29-26(33)21-8-6-7-9-23(21)27)10-11-24(22)31-15-12-19(3)13-16-31/h6-11,18-19H,4-5,12-17H2,1-3H3,(H,28,32)(H,29,33). The molecule has 3 rings (SSSR count). The molecule has 0 radical (unpaired) electrons. The highest BCUT2D eigenvalue weighted by atomic mass is 79.9. The van der Waals surface area contributed by atoms with Gasteiger partial charge in [0.1, 0.15) is 0 Å². The lowest BCUT2D eigenvalue weighted by Gasteiger charge is -2.33. The monoisotopic (exact) mass is 514 g/mol. The molecule has 0 aromatic heterocycles. The Balaban J connectivity index is 1.81. The molecule has 1 aliphatic rings. The number of anilines is 2. The molecule has 1 saturated heterocycles. The average molecular weight is 515 g/mol. The first kappa shape index (κ1) is 25.2. The molecule has 0 saturated carbocycles. The highest BCUT2D eigenvalue weighted by Crippen LogP contribution is 2.29. The summed E-state index contributed by atoms with van der Waals surface area (Å²) in [5, 5.41) is 6.03. The van der Waals surface area contributed by atoms with Crippen LogP contribution in [0.15, 0.2) is 46.9 Å². The van der Waals surface area contributed by atoms with Gasteiger partial charge in [0.2, 0.25) is 0 Å². The molecule has 0 unspecified atom stereocenters. The summed E-state index contributed by atoms with van der Waals surface area (Å²) in [5.74, 6) is 0.387. The fraction of sp³-hybridized carbons (Fsp3) is 0.462. The summed E-state index contributed by atoms with van der Waals surface area (Å²) in [7, 11) is 0. The number of nitrogens with zero attached hydrogens (tertiary/aromatic N) is 2. The first-order valence-corrected chi connectivity index (χ1v) is 12.7. The van der Waals surface area contributed by atoms with Gasteiger partial charge in [-0.2, -0.15) is 0 Å². The van der Waals surface area contributed by atoms with Crippen molar-refractivity contribution in [2.45, 2.75) is 33.6 Å². The molecule has 0 aliphatic carbocycles. The lowest BCUT2D eigenvalue weighted by molar-refractivity contribution is 0.0948. The molecule has 33 heavy (non-hydrogen) atoms. The third-order valence-corrected chi connectivity index (χ3v) is 7.04. The highest BCUT2D eigenvalue weighted by Gasteiger charge is 2.22. The Bertz CT molecular complexity index is 953. The zero-order valence-electron chi connectivity index (χ0n) is 19.9. The lowest BCUT2D eigenvalue weighted by atomic mass is 9.97. The van der Waals surface area contributed by atoms with Crippen molar-refractivity contribution in [3.63, 3.8) is 0 Å². The van der Waals surface area contributed by atoms with Crippen molar-refractivity contribution in [2.75, 3.05) is 49.5 Å². The van der Waals surface area contributed by atoms with Gasteiger partial charge in [-0.15, -0.1) is 0 Å². The van der Waals surface area contributed by atoms with E-state index in [1.165, 1.54) is 0 Å². The molecule has 1 heterocycles. The molecule has 178 valence electrons. The maximum absolute atomic E-state index is 13.2. The molecular weight excluding hydrogens is 480 g/mol. The van der Waals surface area contributed by atoms with Gasteiger partial charge in [-0.3, -0.25) is 9.59 Å². The van der Waals surface area contributed by atoms with Gasteiger partial charge in [-0.05, 0) is 78.1 Å². The maximum atomic E-state index is 13.2. The Labute approximate surface area is 205 Å². The van der Waals surface area contributed by atoms with E-state index in [0.29, 0.717) is 29.3 Å². The van der Waals surface area contributed by atoms with E-state index < -0.39 is 0 Å². The second kappa shape index (κ2) is 12.2. The summed E-state index contributed by atoms with van der Waals surface area (Å²) >= 11 is 3.43. The van der Waals surface area contributed by atoms with E-state index in [0.717, 1.165) is 55.7 Å². The number of amides is 2. The van der Waals surface area contributed by atoms with E-state index in [2.05, 4.69) is 57.1 Å². The zero-order valence-corrected chi connectivity index (χ0v) is 21.5. The fourth-order valence-electron chi connectivity index (χ4n) is 4.13. The van der Waals surface area contributed by atoms with Gasteiger partial charge in [0.05, 0.1) is 11.1 Å². The summed E-state index contributed by atoms with van der Waals surface area (Å²) in [6.07, 6.45) is 2.23. The summed E-state index contributed by atoms with van der Waals surface area (Å²) < 4.78 is 0.732. The summed E-state index contributed by atoms with van der Waals surface area (Å²) in [6, 6.07) is 13.0. The Morgan fingerprint density at radius 2 is 1.73 bits per heavy atom.